The first-order chi connectivity index (χ1) is 21.1. The number of nitrogens with zero attached hydrogens (tertiary/aromatic N) is 3. The van der Waals surface area contributed by atoms with Crippen LogP contribution in [-0.4, -0.2) is 58.4 Å². The van der Waals surface area contributed by atoms with Crippen molar-refractivity contribution in [1.29, 1.82) is 0 Å². The van der Waals surface area contributed by atoms with Gasteiger partial charge in [-0.3, -0.25) is 9.56 Å². The first-order valence-electron chi connectivity index (χ1n) is 14.2. The van der Waals surface area contributed by atoms with Crippen LogP contribution in [0, 0.1) is 11.6 Å². The van der Waals surface area contributed by atoms with Crippen LogP contribution in [0.5, 0.6) is 0 Å². The number of hydrogen-bond acceptors (Lipinski definition) is 6. The average molecular weight is 634 g/mol. The first-order valence-corrected chi connectivity index (χ1v) is 14.6. The van der Waals surface area contributed by atoms with Gasteiger partial charge >= 0.3 is 5.69 Å². The highest BCUT2D eigenvalue weighted by molar-refractivity contribution is 6.31. The van der Waals surface area contributed by atoms with Crippen LogP contribution in [0.3, 0.4) is 0 Å². The molecule has 2 heterocycles. The van der Waals surface area contributed by atoms with Crippen molar-refractivity contribution in [3.8, 4) is 16.9 Å². The fourth-order valence-electron chi connectivity index (χ4n) is 4.74. The number of nitrogens with one attached hydrogen (secondary N) is 2. The predicted octanol–water partition coefficient (Wildman–Crippen LogP) is 4.96. The van der Waals surface area contributed by atoms with Crippen LogP contribution in [0.15, 0.2) is 52.4 Å². The molecule has 238 valence electrons. The van der Waals surface area contributed by atoms with Crippen molar-refractivity contribution in [2.75, 3.05) is 26.9 Å². The Morgan fingerprint density at radius 2 is 1.95 bits per heavy atom. The summed E-state index contributed by atoms with van der Waals surface area (Å²) in [5.41, 5.74) is 13.0. The second kappa shape index (κ2) is 16.4. The summed E-state index contributed by atoms with van der Waals surface area (Å²) in [4.78, 5) is 24.1. The molecular formula is C31H39ClF3N7O2. The summed E-state index contributed by atoms with van der Waals surface area (Å²) in [5, 5.41) is 10.7. The molecule has 2 unspecified atom stereocenters. The maximum absolute atomic E-state index is 15.1. The molecule has 2 aromatic heterocycles. The van der Waals surface area contributed by atoms with Gasteiger partial charge in [-0.15, -0.1) is 0 Å². The Kier molecular flexibility index (Phi) is 13.0. The number of H-pyrrole nitrogens is 1. The van der Waals surface area contributed by atoms with E-state index in [1.54, 1.807) is 31.2 Å². The molecule has 9 nitrogen and oxygen atoms in total. The van der Waals surface area contributed by atoms with Gasteiger partial charge < -0.3 is 26.9 Å². The third-order valence-electron chi connectivity index (χ3n) is 7.00. The molecule has 0 aliphatic heterocycles. The number of aliphatic imine (C=N–C) groups is 1. The summed E-state index contributed by atoms with van der Waals surface area (Å²) in [6, 6.07) is 8.64. The molecule has 7 N–H and O–H groups in total. The van der Waals surface area contributed by atoms with Crippen molar-refractivity contribution in [3.63, 3.8) is 0 Å². The smallest absolute Gasteiger partial charge is 0.354 e. The minimum absolute atomic E-state index is 0.0538. The molecule has 4 rings (SSSR count). The number of rotatable bonds is 13. The highest BCUT2D eigenvalue weighted by Crippen LogP contribution is 2.31. The van der Waals surface area contributed by atoms with Gasteiger partial charge in [-0.1, -0.05) is 17.7 Å². The van der Waals surface area contributed by atoms with Crippen LogP contribution in [-0.2, 0) is 6.42 Å². The van der Waals surface area contributed by atoms with Crippen LogP contribution < -0.4 is 22.5 Å². The molecule has 2 atom stereocenters. The highest BCUT2D eigenvalue weighted by atomic mass is 35.5. The molecule has 0 amide bonds. The van der Waals surface area contributed by atoms with Gasteiger partial charge in [-0.2, -0.15) is 4.98 Å². The van der Waals surface area contributed by atoms with Crippen LogP contribution in [0.1, 0.15) is 50.3 Å². The van der Waals surface area contributed by atoms with Gasteiger partial charge in [-0.25, -0.2) is 18.0 Å². The maximum Gasteiger partial charge on any atom is 0.354 e. The molecular weight excluding hydrogens is 595 g/mol. The van der Waals surface area contributed by atoms with E-state index < -0.39 is 30.0 Å². The number of halogens is 4. The third-order valence-corrected chi connectivity index (χ3v) is 7.28. The van der Waals surface area contributed by atoms with Crippen molar-refractivity contribution in [2.45, 2.75) is 51.6 Å². The highest BCUT2D eigenvalue weighted by Gasteiger charge is 2.17. The van der Waals surface area contributed by atoms with E-state index in [9.17, 15) is 9.18 Å². The Hall–Kier alpha value is -3.71. The molecule has 0 saturated heterocycles. The maximum atomic E-state index is 15.1. The molecule has 0 radical (unpaired) electrons. The molecule has 0 spiro atoms. The van der Waals surface area contributed by atoms with Crippen molar-refractivity contribution in [1.82, 2.24) is 19.9 Å². The number of hydrogen-bond donors (Lipinski definition) is 5. The number of fused-ring (bicyclic) bond motifs is 1. The molecule has 0 bridgehead atoms. The number of aliphatic hydroxyl groups excluding tert-OH is 1. The zero-order valence-corrected chi connectivity index (χ0v) is 25.8. The second-order valence-corrected chi connectivity index (χ2v) is 10.8. The molecule has 0 fully saturated rings. The van der Waals surface area contributed by atoms with Crippen LogP contribution >= 0.6 is 11.6 Å². The second-order valence-electron chi connectivity index (χ2n) is 10.4. The van der Waals surface area contributed by atoms with E-state index in [-0.39, 0.29) is 22.3 Å². The summed E-state index contributed by atoms with van der Waals surface area (Å²) in [7, 11) is 1.00. The van der Waals surface area contributed by atoms with Crippen LogP contribution in [0.25, 0.3) is 28.0 Å². The van der Waals surface area contributed by atoms with Gasteiger partial charge in [0.05, 0.1) is 22.2 Å². The Morgan fingerprint density at radius 1 is 1.20 bits per heavy atom. The molecule has 13 heteroatoms. The van der Waals surface area contributed by atoms with Crippen molar-refractivity contribution in [3.05, 3.63) is 80.9 Å². The lowest BCUT2D eigenvalue weighted by Gasteiger charge is -2.16. The third kappa shape index (κ3) is 8.91. The van der Waals surface area contributed by atoms with Crippen molar-refractivity contribution in [2.24, 2.45) is 16.5 Å². The predicted molar refractivity (Wildman–Crippen MR) is 170 cm³/mol. The van der Waals surface area contributed by atoms with Gasteiger partial charge in [0.25, 0.3) is 0 Å². The fraction of sp³-hybridized carbons (Fsp3) is 0.387. The van der Waals surface area contributed by atoms with E-state index in [0.29, 0.717) is 60.5 Å². The summed E-state index contributed by atoms with van der Waals surface area (Å²) in [6.45, 7) is 4.21. The van der Waals surface area contributed by atoms with Gasteiger partial charge in [0, 0.05) is 48.4 Å². The van der Waals surface area contributed by atoms with Gasteiger partial charge in [0.1, 0.15) is 18.1 Å². The Morgan fingerprint density at radius 3 is 2.64 bits per heavy atom. The number of alkyl halides is 1. The minimum Gasteiger partial charge on any atom is -0.400 e. The zero-order valence-electron chi connectivity index (χ0n) is 25.0. The number of benzene rings is 2. The standard InChI is InChI=1S/C30H35ClF3N7O.CH4O/c1-17(37-9-4-10-38-18(2)35)23-8-7-22(14-26(23)33)41-16-20-13-27(39-29(20)40-30(41)42)24-11-19(12-25(31)28(24)34)5-3-6-21(36)15-32;1-2/h7-8,11-14,16-17,21,37H,3-6,9-10,15,36H2,1-2H3,(H2,35,38)(H,39,40,42);2H,1H3. The molecule has 0 aliphatic rings. The summed E-state index contributed by atoms with van der Waals surface area (Å²) < 4.78 is 44.1. The van der Waals surface area contributed by atoms with E-state index in [1.807, 2.05) is 6.92 Å². The largest absolute Gasteiger partial charge is 0.400 e. The van der Waals surface area contributed by atoms with E-state index in [2.05, 4.69) is 20.3 Å². The number of nitrogens with two attached hydrogens (primary N) is 2. The summed E-state index contributed by atoms with van der Waals surface area (Å²) >= 11 is 6.18. The number of aromatic nitrogens is 3. The van der Waals surface area contributed by atoms with Crippen LogP contribution in [0.2, 0.25) is 5.02 Å². The molecule has 0 saturated carbocycles. The van der Waals surface area contributed by atoms with E-state index in [1.165, 1.54) is 22.9 Å². The number of aryl methyl sites for hydroxylation is 1. The molecule has 0 aliphatic carbocycles. The topological polar surface area (TPSA) is 147 Å². The van der Waals surface area contributed by atoms with Crippen molar-refractivity contribution < 1.29 is 18.3 Å². The lowest BCUT2D eigenvalue weighted by molar-refractivity contribution is 0.399. The molecule has 2 aromatic carbocycles. The van der Waals surface area contributed by atoms with Gasteiger partial charge in [-0.05, 0) is 82.0 Å². The Balaban J connectivity index is 0.00000259. The summed E-state index contributed by atoms with van der Waals surface area (Å²) in [6.07, 6.45) is 3.94. The monoisotopic (exact) mass is 633 g/mol. The van der Waals surface area contributed by atoms with Crippen LogP contribution in [0.4, 0.5) is 13.2 Å². The Labute approximate surface area is 259 Å². The van der Waals surface area contributed by atoms with Crippen molar-refractivity contribution >= 4 is 28.5 Å². The SMILES string of the molecule is CC(N)=NCCCNC(C)c1ccc(-n2cc3cc(-c4cc(CCCC(N)CF)cc(Cl)c4F)[nH]c3nc2=O)cc1F.CO. The number of aromatic amines is 1. The quantitative estimate of drug-likeness (QED) is 0.0799. The van der Waals surface area contributed by atoms with E-state index >= 15 is 8.78 Å². The van der Waals surface area contributed by atoms with E-state index in [0.717, 1.165) is 19.1 Å². The minimum atomic E-state index is -0.624. The molecule has 4 aromatic rings. The van der Waals surface area contributed by atoms with E-state index in [4.69, 9.17) is 28.2 Å². The number of amidine groups is 1. The lowest BCUT2D eigenvalue weighted by Crippen LogP contribution is -2.23. The molecule has 44 heavy (non-hydrogen) atoms. The summed E-state index contributed by atoms with van der Waals surface area (Å²) in [5.74, 6) is -0.561. The number of aliphatic hydroxyl groups is 1. The zero-order chi connectivity index (χ0) is 32.4. The van der Waals surface area contributed by atoms with Gasteiger partial charge in [0.15, 0.2) is 5.82 Å². The average Bonchev–Trinajstić information content (AvgIpc) is 3.41. The first kappa shape index (κ1) is 34.8. The lowest BCUT2D eigenvalue weighted by atomic mass is 10.0. The Bertz CT molecular complexity index is 1640. The normalized spacial score (nSPS) is 13.1. The fourth-order valence-corrected chi connectivity index (χ4v) is 4.98. The van der Waals surface area contributed by atoms with Gasteiger partial charge in [0.2, 0.25) is 0 Å².